The first-order valence-electron chi connectivity index (χ1n) is 3.73. The monoisotopic (exact) mass is 191 g/mol. The van der Waals surface area contributed by atoms with Gasteiger partial charge in [0.15, 0.2) is 0 Å². The van der Waals surface area contributed by atoms with Crippen molar-refractivity contribution in [2.24, 2.45) is 0 Å². The van der Waals surface area contributed by atoms with Crippen LogP contribution >= 0.6 is 11.3 Å². The number of nitrogens with one attached hydrogen (secondary N) is 1. The van der Waals surface area contributed by atoms with Gasteiger partial charge in [0.05, 0.1) is 4.88 Å². The van der Waals surface area contributed by atoms with Crippen LogP contribution in [-0.2, 0) is 5.92 Å². The van der Waals surface area contributed by atoms with Gasteiger partial charge in [0.2, 0.25) is 0 Å². The van der Waals surface area contributed by atoms with Gasteiger partial charge in [-0.25, -0.2) is 8.78 Å². The summed E-state index contributed by atoms with van der Waals surface area (Å²) in [6, 6.07) is 3.12. The maximum atomic E-state index is 13.1. The summed E-state index contributed by atoms with van der Waals surface area (Å²) in [7, 11) is 1.67. The van der Waals surface area contributed by atoms with Crippen molar-refractivity contribution < 1.29 is 8.78 Å². The summed E-state index contributed by atoms with van der Waals surface area (Å²) in [5.74, 6) is -2.67. The third-order valence-electron chi connectivity index (χ3n) is 1.57. The van der Waals surface area contributed by atoms with Crippen LogP contribution in [0.2, 0.25) is 0 Å². The molecule has 0 aliphatic heterocycles. The van der Waals surface area contributed by atoms with E-state index in [0.717, 1.165) is 11.3 Å². The SMILES string of the molecule is CNCCC(F)(F)c1cccs1. The van der Waals surface area contributed by atoms with Crippen molar-refractivity contribution in [3.63, 3.8) is 0 Å². The molecule has 0 aliphatic carbocycles. The fraction of sp³-hybridized carbons (Fsp3) is 0.500. The summed E-state index contributed by atoms with van der Waals surface area (Å²) < 4.78 is 26.3. The second-order valence-corrected chi connectivity index (χ2v) is 3.48. The van der Waals surface area contributed by atoms with Gasteiger partial charge in [0.1, 0.15) is 0 Å². The van der Waals surface area contributed by atoms with Gasteiger partial charge < -0.3 is 5.32 Å². The highest BCUT2D eigenvalue weighted by molar-refractivity contribution is 7.10. The Hall–Kier alpha value is -0.480. The van der Waals surface area contributed by atoms with Crippen molar-refractivity contribution in [3.05, 3.63) is 22.4 Å². The molecule has 0 saturated carbocycles. The molecule has 1 aromatic heterocycles. The zero-order valence-corrected chi connectivity index (χ0v) is 7.63. The lowest BCUT2D eigenvalue weighted by Crippen LogP contribution is -2.19. The predicted octanol–water partition coefficient (Wildman–Crippen LogP) is 2.45. The van der Waals surface area contributed by atoms with E-state index in [1.165, 1.54) is 6.07 Å². The summed E-state index contributed by atoms with van der Waals surface area (Å²) in [6.07, 6.45) is -0.135. The maximum Gasteiger partial charge on any atom is 0.283 e. The standard InChI is InChI=1S/C8H11F2NS/c1-11-5-4-8(9,10)7-3-2-6-12-7/h2-3,6,11H,4-5H2,1H3. The van der Waals surface area contributed by atoms with E-state index in [-0.39, 0.29) is 11.3 Å². The lowest BCUT2D eigenvalue weighted by molar-refractivity contribution is -0.00848. The van der Waals surface area contributed by atoms with E-state index in [1.807, 2.05) is 0 Å². The number of alkyl halides is 2. The molecule has 0 fully saturated rings. The Morgan fingerprint density at radius 3 is 2.83 bits per heavy atom. The van der Waals surface area contributed by atoms with Crippen LogP contribution in [0, 0.1) is 0 Å². The van der Waals surface area contributed by atoms with Gasteiger partial charge in [-0.3, -0.25) is 0 Å². The Labute approximate surface area is 74.4 Å². The fourth-order valence-corrected chi connectivity index (χ4v) is 1.63. The fourth-order valence-electron chi connectivity index (χ4n) is 0.892. The number of thiophene rings is 1. The Kier molecular flexibility index (Phi) is 3.17. The van der Waals surface area contributed by atoms with E-state index >= 15 is 0 Å². The number of rotatable bonds is 4. The number of hydrogen-bond donors (Lipinski definition) is 1. The molecular formula is C8H11F2NS. The van der Waals surface area contributed by atoms with Gasteiger partial charge in [-0.1, -0.05) is 6.07 Å². The minimum Gasteiger partial charge on any atom is -0.320 e. The quantitative estimate of drug-likeness (QED) is 0.770. The molecule has 1 heterocycles. The highest BCUT2D eigenvalue weighted by Gasteiger charge is 2.31. The molecule has 0 atom stereocenters. The molecule has 0 aromatic carbocycles. The molecule has 0 spiro atoms. The molecule has 0 unspecified atom stereocenters. The smallest absolute Gasteiger partial charge is 0.283 e. The first kappa shape index (κ1) is 9.61. The van der Waals surface area contributed by atoms with E-state index in [4.69, 9.17) is 0 Å². The minimum absolute atomic E-state index is 0.135. The predicted molar refractivity (Wildman–Crippen MR) is 46.8 cm³/mol. The van der Waals surface area contributed by atoms with Crippen molar-refractivity contribution in [3.8, 4) is 0 Å². The third-order valence-corrected chi connectivity index (χ3v) is 2.55. The lowest BCUT2D eigenvalue weighted by Gasteiger charge is -2.13. The molecule has 1 rings (SSSR count). The van der Waals surface area contributed by atoms with E-state index < -0.39 is 5.92 Å². The van der Waals surface area contributed by atoms with Crippen LogP contribution < -0.4 is 5.32 Å². The number of halogens is 2. The Bertz CT molecular complexity index is 221. The average molecular weight is 191 g/mol. The average Bonchev–Trinajstić information content (AvgIpc) is 2.53. The topological polar surface area (TPSA) is 12.0 Å². The van der Waals surface area contributed by atoms with Gasteiger partial charge in [0.25, 0.3) is 5.92 Å². The van der Waals surface area contributed by atoms with Crippen LogP contribution in [0.4, 0.5) is 8.78 Å². The molecule has 1 N–H and O–H groups in total. The highest BCUT2D eigenvalue weighted by atomic mass is 32.1. The van der Waals surface area contributed by atoms with Crippen molar-refractivity contribution >= 4 is 11.3 Å². The van der Waals surface area contributed by atoms with Crippen LogP contribution in [0.1, 0.15) is 11.3 Å². The first-order valence-corrected chi connectivity index (χ1v) is 4.61. The van der Waals surface area contributed by atoms with E-state index in [1.54, 1.807) is 18.5 Å². The Balaban J connectivity index is 2.59. The molecule has 1 nitrogen and oxygen atoms in total. The molecule has 0 bridgehead atoms. The molecule has 0 aliphatic rings. The van der Waals surface area contributed by atoms with E-state index in [2.05, 4.69) is 5.32 Å². The molecular weight excluding hydrogens is 180 g/mol. The third kappa shape index (κ3) is 2.25. The van der Waals surface area contributed by atoms with Gasteiger partial charge in [-0.15, -0.1) is 11.3 Å². The second kappa shape index (κ2) is 3.96. The summed E-state index contributed by atoms with van der Waals surface area (Å²) in [4.78, 5) is 0.151. The molecule has 1 aromatic rings. The summed E-state index contributed by atoms with van der Waals surface area (Å²) in [5, 5.41) is 4.38. The Morgan fingerprint density at radius 2 is 2.33 bits per heavy atom. The second-order valence-electron chi connectivity index (χ2n) is 2.54. The molecule has 0 amide bonds. The molecule has 4 heteroatoms. The summed E-state index contributed by atoms with van der Waals surface area (Å²) >= 11 is 1.10. The first-order chi connectivity index (χ1) is 5.67. The van der Waals surface area contributed by atoms with Crippen molar-refractivity contribution in [1.82, 2.24) is 5.32 Å². The number of hydrogen-bond acceptors (Lipinski definition) is 2. The van der Waals surface area contributed by atoms with Crippen LogP contribution in [0.25, 0.3) is 0 Å². The van der Waals surface area contributed by atoms with Gasteiger partial charge in [-0.2, -0.15) is 0 Å². The van der Waals surface area contributed by atoms with Gasteiger partial charge in [-0.05, 0) is 18.5 Å². The van der Waals surface area contributed by atoms with Crippen LogP contribution in [0.5, 0.6) is 0 Å². The van der Waals surface area contributed by atoms with Crippen LogP contribution in [-0.4, -0.2) is 13.6 Å². The highest BCUT2D eigenvalue weighted by Crippen LogP contribution is 2.34. The van der Waals surface area contributed by atoms with Crippen molar-refractivity contribution in [2.45, 2.75) is 12.3 Å². The zero-order chi connectivity index (χ0) is 9.03. The van der Waals surface area contributed by atoms with Gasteiger partial charge in [0, 0.05) is 13.0 Å². The van der Waals surface area contributed by atoms with Gasteiger partial charge >= 0.3 is 0 Å². The lowest BCUT2D eigenvalue weighted by atomic mass is 10.2. The molecule has 12 heavy (non-hydrogen) atoms. The van der Waals surface area contributed by atoms with Crippen LogP contribution in [0.3, 0.4) is 0 Å². The minimum atomic E-state index is -2.67. The van der Waals surface area contributed by atoms with Crippen molar-refractivity contribution in [1.29, 1.82) is 0 Å². The van der Waals surface area contributed by atoms with Crippen molar-refractivity contribution in [2.75, 3.05) is 13.6 Å². The van der Waals surface area contributed by atoms with Crippen LogP contribution in [0.15, 0.2) is 17.5 Å². The summed E-state index contributed by atoms with van der Waals surface area (Å²) in [5.41, 5.74) is 0. The largest absolute Gasteiger partial charge is 0.320 e. The maximum absolute atomic E-state index is 13.1. The summed E-state index contributed by atoms with van der Waals surface area (Å²) in [6.45, 7) is 0.338. The Morgan fingerprint density at radius 1 is 1.58 bits per heavy atom. The molecule has 0 radical (unpaired) electrons. The molecule has 0 saturated heterocycles. The zero-order valence-electron chi connectivity index (χ0n) is 6.81. The van der Waals surface area contributed by atoms with E-state index in [9.17, 15) is 8.78 Å². The molecule has 68 valence electrons. The van der Waals surface area contributed by atoms with E-state index in [0.29, 0.717) is 6.54 Å². The normalized spacial score (nSPS) is 11.9.